The van der Waals surface area contributed by atoms with E-state index in [4.69, 9.17) is 14.2 Å². The van der Waals surface area contributed by atoms with Gasteiger partial charge in [-0.1, -0.05) is 54.6 Å². The molecule has 6 rings (SSSR count). The predicted octanol–water partition coefficient (Wildman–Crippen LogP) is 4.96. The summed E-state index contributed by atoms with van der Waals surface area (Å²) in [6.45, 7) is 3.52. The van der Waals surface area contributed by atoms with E-state index < -0.39 is 35.8 Å². The maximum Gasteiger partial charge on any atom is 3.00 e. The summed E-state index contributed by atoms with van der Waals surface area (Å²) in [5.41, 5.74) is 2.89. The second-order valence-electron chi connectivity index (χ2n) is 12.3. The summed E-state index contributed by atoms with van der Waals surface area (Å²) in [6, 6.07) is 29.6. The van der Waals surface area contributed by atoms with Crippen LogP contribution < -0.4 is 29.5 Å². The quantitative estimate of drug-likeness (QED) is 0.108. The van der Waals surface area contributed by atoms with Gasteiger partial charge >= 0.3 is 35.3 Å². The Bertz CT molecular complexity index is 2280. The first kappa shape index (κ1) is 47.8. The van der Waals surface area contributed by atoms with E-state index in [9.17, 15) is 57.3 Å². The van der Waals surface area contributed by atoms with Crippen LogP contribution >= 0.6 is 0 Å². The van der Waals surface area contributed by atoms with Crippen LogP contribution in [0.4, 0.5) is 13.2 Å². The molecule has 306 valence electrons. The second kappa shape index (κ2) is 22.0. The van der Waals surface area contributed by atoms with Crippen molar-refractivity contribution >= 4 is 53.2 Å². The minimum absolute atomic E-state index is 0. The van der Waals surface area contributed by atoms with Gasteiger partial charge in [-0.05, 0) is 106 Å². The number of carboxylic acids is 3. The van der Waals surface area contributed by atoms with E-state index in [1.807, 2.05) is 0 Å². The number of hydrogen-bond donors (Lipinski definition) is 0. The molecular formula is C45H30AlF3O12. The number of hydrogen-bond acceptors (Lipinski definition) is 12. The molecule has 0 atom stereocenters. The molecule has 0 N–H and O–H groups in total. The predicted molar refractivity (Wildman–Crippen MR) is 208 cm³/mol. The molecule has 6 aromatic rings. The Morgan fingerprint density at radius 1 is 0.361 bits per heavy atom. The zero-order chi connectivity index (χ0) is 44.1. The molecule has 0 aliphatic carbocycles. The zero-order valence-electron chi connectivity index (χ0n) is 32.2. The molecule has 0 amide bonds. The first-order valence-electron chi connectivity index (χ1n) is 17.3. The summed E-state index contributed by atoms with van der Waals surface area (Å²) in [7, 11) is 0. The fourth-order valence-corrected chi connectivity index (χ4v) is 5.27. The van der Waals surface area contributed by atoms with E-state index in [-0.39, 0.29) is 68.8 Å². The van der Waals surface area contributed by atoms with Gasteiger partial charge in [-0.15, -0.1) is 0 Å². The molecular weight excluding hydrogens is 816 g/mol. The monoisotopic (exact) mass is 846 g/mol. The molecule has 12 nitrogen and oxygen atoms in total. The molecule has 0 saturated carbocycles. The molecule has 0 aliphatic rings. The van der Waals surface area contributed by atoms with Crippen molar-refractivity contribution in [2.24, 2.45) is 0 Å². The van der Waals surface area contributed by atoms with Crippen LogP contribution in [0.2, 0.25) is 0 Å². The third-order valence-electron chi connectivity index (χ3n) is 7.89. The van der Waals surface area contributed by atoms with E-state index in [0.29, 0.717) is 33.4 Å². The van der Waals surface area contributed by atoms with Crippen molar-refractivity contribution in [1.82, 2.24) is 0 Å². The largest absolute Gasteiger partial charge is 3.00 e. The fourth-order valence-electron chi connectivity index (χ4n) is 5.27. The molecule has 0 unspecified atom stereocenters. The molecule has 0 bridgehead atoms. The molecule has 0 saturated heterocycles. The maximum absolute atomic E-state index is 12.9. The summed E-state index contributed by atoms with van der Waals surface area (Å²) in [6.07, 6.45) is 0. The van der Waals surface area contributed by atoms with Crippen molar-refractivity contribution in [1.29, 1.82) is 0 Å². The van der Waals surface area contributed by atoms with E-state index in [2.05, 4.69) is 0 Å². The van der Waals surface area contributed by atoms with Gasteiger partial charge in [0.05, 0.1) is 17.9 Å². The Morgan fingerprint density at radius 3 is 0.738 bits per heavy atom. The standard InChI is InChI=1S/3C15H11FO4.Al/c3*1-9(17)20-14-7-4-11(8-13(14)15(18)19)10-2-5-12(16)6-3-10;/h3*2-8H,1H3,(H,18,19);/q;;;+3/p-3. The molecule has 6 aromatic carbocycles. The van der Waals surface area contributed by atoms with Crippen LogP contribution in [-0.2, 0) is 14.4 Å². The normalized spacial score (nSPS) is 9.93. The van der Waals surface area contributed by atoms with E-state index >= 15 is 0 Å². The summed E-state index contributed by atoms with van der Waals surface area (Å²) < 4.78 is 53.0. The summed E-state index contributed by atoms with van der Waals surface area (Å²) >= 11 is 0. The van der Waals surface area contributed by atoms with E-state index in [0.717, 1.165) is 0 Å². The average molecular weight is 847 g/mol. The smallest absolute Gasteiger partial charge is 0.545 e. The second-order valence-corrected chi connectivity index (χ2v) is 12.3. The van der Waals surface area contributed by atoms with Gasteiger partial charge in [-0.25, -0.2) is 13.2 Å². The van der Waals surface area contributed by atoms with Gasteiger partial charge in [0.25, 0.3) is 0 Å². The van der Waals surface area contributed by atoms with Crippen molar-refractivity contribution < 1.29 is 71.5 Å². The third kappa shape index (κ3) is 14.1. The van der Waals surface area contributed by atoms with Gasteiger partial charge in [-0.2, -0.15) is 0 Å². The zero-order valence-corrected chi connectivity index (χ0v) is 33.4. The minimum Gasteiger partial charge on any atom is -0.545 e. The van der Waals surface area contributed by atoms with Crippen molar-refractivity contribution in [3.8, 4) is 50.6 Å². The number of carbonyl (C=O) groups is 6. The summed E-state index contributed by atoms with van der Waals surface area (Å²) in [5.74, 6) is -7.62. The topological polar surface area (TPSA) is 199 Å². The Balaban J connectivity index is 0.000000242. The number of halogens is 3. The fraction of sp³-hybridized carbons (Fsp3) is 0.0667. The number of benzene rings is 6. The van der Waals surface area contributed by atoms with Crippen molar-refractivity contribution in [2.75, 3.05) is 0 Å². The van der Waals surface area contributed by atoms with Crippen LogP contribution in [-0.4, -0.2) is 53.2 Å². The maximum atomic E-state index is 12.9. The van der Waals surface area contributed by atoms with E-state index in [1.165, 1.54) is 130 Å². The Hall–Kier alpha value is -7.54. The number of carbonyl (C=O) groups excluding carboxylic acids is 6. The van der Waals surface area contributed by atoms with Crippen molar-refractivity contribution in [3.05, 3.63) is 162 Å². The van der Waals surface area contributed by atoms with Gasteiger partial charge in [0.1, 0.15) is 34.7 Å². The summed E-state index contributed by atoms with van der Waals surface area (Å²) in [4.78, 5) is 65.9. The molecule has 0 aromatic heterocycles. The van der Waals surface area contributed by atoms with Crippen LogP contribution in [0, 0.1) is 17.5 Å². The van der Waals surface area contributed by atoms with Crippen LogP contribution in [0.15, 0.2) is 127 Å². The van der Waals surface area contributed by atoms with Crippen molar-refractivity contribution in [2.45, 2.75) is 20.8 Å². The Kier molecular flexibility index (Phi) is 17.3. The van der Waals surface area contributed by atoms with Crippen LogP contribution in [0.5, 0.6) is 17.2 Å². The van der Waals surface area contributed by atoms with Gasteiger partial charge in [0, 0.05) is 37.5 Å². The molecule has 61 heavy (non-hydrogen) atoms. The number of aromatic carboxylic acids is 3. The molecule has 0 fully saturated rings. The molecule has 0 aliphatic heterocycles. The number of ether oxygens (including phenoxy) is 3. The van der Waals surface area contributed by atoms with Crippen LogP contribution in [0.25, 0.3) is 33.4 Å². The minimum atomic E-state index is -1.45. The summed E-state index contributed by atoms with van der Waals surface area (Å²) in [5, 5.41) is 33.2. The molecule has 0 spiro atoms. The Morgan fingerprint density at radius 2 is 0.557 bits per heavy atom. The van der Waals surface area contributed by atoms with Gasteiger partial charge < -0.3 is 43.9 Å². The van der Waals surface area contributed by atoms with Gasteiger partial charge in [0.2, 0.25) is 0 Å². The van der Waals surface area contributed by atoms with Gasteiger partial charge in [-0.3, -0.25) is 14.4 Å². The SMILES string of the molecule is CC(=O)Oc1ccc(-c2ccc(F)cc2)cc1C(=O)[O-].CC(=O)Oc1ccc(-c2ccc(F)cc2)cc1C(=O)[O-].CC(=O)Oc1ccc(-c2ccc(F)cc2)cc1C(=O)[O-].[Al+3]. The molecule has 0 radical (unpaired) electrons. The average Bonchev–Trinajstić information content (AvgIpc) is 3.19. The van der Waals surface area contributed by atoms with Crippen LogP contribution in [0.1, 0.15) is 51.8 Å². The van der Waals surface area contributed by atoms with E-state index in [1.54, 1.807) is 18.2 Å². The first-order chi connectivity index (χ1) is 28.4. The van der Waals surface area contributed by atoms with Crippen LogP contribution in [0.3, 0.4) is 0 Å². The number of esters is 3. The third-order valence-corrected chi connectivity index (χ3v) is 7.89. The molecule has 0 heterocycles. The number of carboxylic acid groups (broad SMARTS) is 3. The van der Waals surface area contributed by atoms with Gasteiger partial charge in [0.15, 0.2) is 0 Å². The Labute approximate surface area is 356 Å². The van der Waals surface area contributed by atoms with Crippen molar-refractivity contribution in [3.63, 3.8) is 0 Å². The molecule has 16 heteroatoms. The first-order valence-corrected chi connectivity index (χ1v) is 17.3. The number of rotatable bonds is 9.